The average Bonchev–Trinajstić information content (AvgIpc) is 3.19. The summed E-state index contributed by atoms with van der Waals surface area (Å²) in [5.74, 6) is 0.676. The maximum absolute atomic E-state index is 13.7. The SMILES string of the molecule is O=C1C(=Cc2cc(Cl)c(OCc3ccc(Br)cc3)c(Br)c2)SC(=NC2CCCCC2)N1C1CCCCC1. The summed E-state index contributed by atoms with van der Waals surface area (Å²) in [5.41, 5.74) is 1.92. The molecule has 0 spiro atoms. The van der Waals surface area contributed by atoms with Crippen LogP contribution >= 0.6 is 55.2 Å². The van der Waals surface area contributed by atoms with E-state index in [1.54, 1.807) is 0 Å². The number of halogens is 3. The molecule has 1 aliphatic heterocycles. The Kier molecular flexibility index (Phi) is 9.38. The highest BCUT2D eigenvalue weighted by atomic mass is 79.9. The van der Waals surface area contributed by atoms with E-state index in [9.17, 15) is 4.79 Å². The number of amidine groups is 1. The third-order valence-electron chi connectivity index (χ3n) is 7.26. The monoisotopic (exact) mass is 664 g/mol. The first-order valence-electron chi connectivity index (χ1n) is 13.1. The number of carbonyl (C=O) groups excluding carboxylic acids is 1. The summed E-state index contributed by atoms with van der Waals surface area (Å²) < 4.78 is 7.82. The summed E-state index contributed by atoms with van der Waals surface area (Å²) in [6.07, 6.45) is 13.7. The van der Waals surface area contributed by atoms with Crippen molar-refractivity contribution in [1.82, 2.24) is 4.90 Å². The molecule has 0 aromatic heterocycles. The lowest BCUT2D eigenvalue weighted by atomic mass is 9.94. The Hall–Kier alpha value is -1.28. The molecule has 0 unspecified atom stereocenters. The summed E-state index contributed by atoms with van der Waals surface area (Å²) in [6, 6.07) is 12.4. The van der Waals surface area contributed by atoms with Crippen LogP contribution < -0.4 is 4.74 Å². The lowest BCUT2D eigenvalue weighted by molar-refractivity contribution is -0.124. The molecule has 2 aromatic carbocycles. The number of amides is 1. The van der Waals surface area contributed by atoms with Crippen molar-refractivity contribution in [2.24, 2.45) is 4.99 Å². The second kappa shape index (κ2) is 12.7. The van der Waals surface area contributed by atoms with Gasteiger partial charge in [-0.25, -0.2) is 0 Å². The molecule has 0 N–H and O–H groups in total. The minimum atomic E-state index is 0.0780. The van der Waals surface area contributed by atoms with Crippen LogP contribution in [0.1, 0.15) is 75.3 Å². The van der Waals surface area contributed by atoms with Crippen LogP contribution in [0, 0.1) is 0 Å². The Morgan fingerprint density at radius 1 is 1.00 bits per heavy atom. The Balaban J connectivity index is 1.37. The van der Waals surface area contributed by atoms with E-state index in [2.05, 4.69) is 31.9 Å². The molecule has 3 fully saturated rings. The van der Waals surface area contributed by atoms with E-state index in [0.717, 1.165) is 50.9 Å². The molecular formula is C29H31Br2ClN2O2S. The molecule has 3 aliphatic rings. The molecule has 1 saturated heterocycles. The molecule has 196 valence electrons. The second-order valence-corrected chi connectivity index (χ2v) is 13.2. The standard InChI is InChI=1S/C29H31Br2ClN2O2S/c30-21-13-11-19(12-14-21)18-36-27-24(31)15-20(16-25(27)32)17-26-28(35)34(23-9-5-2-6-10-23)29(37-26)33-22-7-3-1-4-8-22/h11-17,22-23H,1-10,18H2. The van der Waals surface area contributed by atoms with E-state index < -0.39 is 0 Å². The van der Waals surface area contributed by atoms with Gasteiger partial charge in [-0.15, -0.1) is 0 Å². The van der Waals surface area contributed by atoms with Crippen LogP contribution in [0.4, 0.5) is 0 Å². The number of rotatable bonds is 6. The van der Waals surface area contributed by atoms with Gasteiger partial charge < -0.3 is 4.74 Å². The molecule has 1 amide bonds. The molecule has 5 rings (SSSR count). The van der Waals surface area contributed by atoms with Crippen molar-refractivity contribution >= 4 is 72.4 Å². The molecular weight excluding hydrogens is 636 g/mol. The van der Waals surface area contributed by atoms with Gasteiger partial charge >= 0.3 is 0 Å². The minimum absolute atomic E-state index is 0.0780. The first-order valence-corrected chi connectivity index (χ1v) is 15.9. The third kappa shape index (κ3) is 6.84. The van der Waals surface area contributed by atoms with E-state index in [4.69, 9.17) is 21.3 Å². The van der Waals surface area contributed by atoms with E-state index in [-0.39, 0.29) is 11.9 Å². The largest absolute Gasteiger partial charge is 0.486 e. The number of nitrogens with zero attached hydrogens (tertiary/aromatic N) is 2. The van der Waals surface area contributed by atoms with Gasteiger partial charge in [0.25, 0.3) is 5.91 Å². The van der Waals surface area contributed by atoms with Gasteiger partial charge in [0.15, 0.2) is 10.9 Å². The summed E-state index contributed by atoms with van der Waals surface area (Å²) in [7, 11) is 0. The molecule has 0 atom stereocenters. The molecule has 4 nitrogen and oxygen atoms in total. The van der Waals surface area contributed by atoms with Crippen LogP contribution in [0.3, 0.4) is 0 Å². The van der Waals surface area contributed by atoms with Crippen LogP contribution in [0.15, 0.2) is 55.2 Å². The highest BCUT2D eigenvalue weighted by molar-refractivity contribution is 9.10. The van der Waals surface area contributed by atoms with Crippen LogP contribution in [-0.2, 0) is 11.4 Å². The van der Waals surface area contributed by atoms with Gasteiger partial charge in [-0.2, -0.15) is 0 Å². The van der Waals surface area contributed by atoms with E-state index in [1.165, 1.54) is 50.3 Å². The fraction of sp³-hybridized carbons (Fsp3) is 0.448. The molecule has 1 heterocycles. The highest BCUT2D eigenvalue weighted by Gasteiger charge is 2.39. The van der Waals surface area contributed by atoms with Crippen molar-refractivity contribution in [2.45, 2.75) is 82.9 Å². The van der Waals surface area contributed by atoms with Crippen LogP contribution in [0.5, 0.6) is 5.75 Å². The van der Waals surface area contributed by atoms with Gasteiger partial charge in [0.05, 0.1) is 20.4 Å². The predicted octanol–water partition coefficient (Wildman–Crippen LogP) is 9.38. The maximum Gasteiger partial charge on any atom is 0.266 e. The van der Waals surface area contributed by atoms with Crippen LogP contribution in [0.25, 0.3) is 6.08 Å². The molecule has 37 heavy (non-hydrogen) atoms. The molecule has 8 heteroatoms. The smallest absolute Gasteiger partial charge is 0.266 e. The number of benzene rings is 2. The normalized spacial score (nSPS) is 21.8. The molecule has 0 bridgehead atoms. The highest BCUT2D eigenvalue weighted by Crippen LogP contribution is 2.40. The topological polar surface area (TPSA) is 41.9 Å². The Labute approximate surface area is 245 Å². The second-order valence-electron chi connectivity index (χ2n) is 10.0. The van der Waals surface area contributed by atoms with Crippen LogP contribution in [0.2, 0.25) is 5.02 Å². The zero-order valence-corrected chi connectivity index (χ0v) is 25.5. The molecule has 2 aliphatic carbocycles. The van der Waals surface area contributed by atoms with Gasteiger partial charge in [-0.05, 0) is 94.8 Å². The van der Waals surface area contributed by atoms with Gasteiger partial charge in [-0.1, -0.05) is 78.2 Å². The maximum atomic E-state index is 13.7. The summed E-state index contributed by atoms with van der Waals surface area (Å²) in [6.45, 7) is 0.414. The van der Waals surface area contributed by atoms with Gasteiger partial charge in [0.1, 0.15) is 6.61 Å². The number of carbonyl (C=O) groups is 1. The zero-order valence-electron chi connectivity index (χ0n) is 20.7. The number of hydrogen-bond acceptors (Lipinski definition) is 4. The van der Waals surface area contributed by atoms with E-state index >= 15 is 0 Å². The minimum Gasteiger partial charge on any atom is -0.486 e. The summed E-state index contributed by atoms with van der Waals surface area (Å²) >= 11 is 15.2. The third-order valence-corrected chi connectivity index (χ3v) is 9.65. The molecule has 2 aromatic rings. The van der Waals surface area contributed by atoms with Crippen molar-refractivity contribution < 1.29 is 9.53 Å². The molecule has 2 saturated carbocycles. The Morgan fingerprint density at radius 2 is 1.68 bits per heavy atom. The van der Waals surface area contributed by atoms with Gasteiger partial charge in [0.2, 0.25) is 0 Å². The Bertz CT molecular complexity index is 1170. The summed E-state index contributed by atoms with van der Waals surface area (Å²) in [5, 5.41) is 1.41. The van der Waals surface area contributed by atoms with Crippen molar-refractivity contribution in [2.75, 3.05) is 0 Å². The number of aliphatic imine (C=N–C) groups is 1. The zero-order chi connectivity index (χ0) is 25.8. The van der Waals surface area contributed by atoms with Gasteiger partial charge in [0, 0.05) is 10.5 Å². The van der Waals surface area contributed by atoms with Crippen molar-refractivity contribution in [3.63, 3.8) is 0 Å². The number of ether oxygens (including phenoxy) is 1. The quantitative estimate of drug-likeness (QED) is 0.289. The Morgan fingerprint density at radius 3 is 2.35 bits per heavy atom. The van der Waals surface area contributed by atoms with Crippen molar-refractivity contribution in [1.29, 1.82) is 0 Å². The summed E-state index contributed by atoms with van der Waals surface area (Å²) in [4.78, 5) is 21.5. The lowest BCUT2D eigenvalue weighted by Gasteiger charge is -2.31. The van der Waals surface area contributed by atoms with Crippen LogP contribution in [-0.4, -0.2) is 28.1 Å². The number of thioether (sulfide) groups is 1. The number of hydrogen-bond donors (Lipinski definition) is 0. The average molecular weight is 667 g/mol. The first kappa shape index (κ1) is 27.3. The molecule has 0 radical (unpaired) electrons. The van der Waals surface area contributed by atoms with Crippen molar-refractivity contribution in [3.05, 3.63) is 66.4 Å². The lowest BCUT2D eigenvalue weighted by Crippen LogP contribution is -2.41. The van der Waals surface area contributed by atoms with E-state index in [0.29, 0.717) is 28.3 Å². The fourth-order valence-corrected chi connectivity index (χ4v) is 7.65. The predicted molar refractivity (Wildman–Crippen MR) is 161 cm³/mol. The van der Waals surface area contributed by atoms with Gasteiger partial charge in [-0.3, -0.25) is 14.7 Å². The fourth-order valence-electron chi connectivity index (χ4n) is 5.29. The first-order chi connectivity index (χ1) is 18.0. The van der Waals surface area contributed by atoms with Crippen molar-refractivity contribution in [3.8, 4) is 5.75 Å². The van der Waals surface area contributed by atoms with E-state index in [1.807, 2.05) is 47.4 Å².